The summed E-state index contributed by atoms with van der Waals surface area (Å²) in [5.41, 5.74) is 3.75. The number of benzene rings is 2. The molecule has 0 radical (unpaired) electrons. The lowest BCUT2D eigenvalue weighted by Gasteiger charge is -2.41. The molecule has 4 rings (SSSR count). The number of ether oxygens (including phenoxy) is 1. The molecule has 1 aliphatic heterocycles. The van der Waals surface area contributed by atoms with Crippen LogP contribution in [0.15, 0.2) is 36.4 Å². The van der Waals surface area contributed by atoms with Crippen LogP contribution >= 0.6 is 11.6 Å². The van der Waals surface area contributed by atoms with E-state index in [1.807, 2.05) is 6.07 Å². The number of aliphatic hydroxyl groups is 2. The molecule has 5 heteroatoms. The fourth-order valence-electron chi connectivity index (χ4n) is 4.64. The van der Waals surface area contributed by atoms with Gasteiger partial charge in [-0.15, -0.1) is 0 Å². The summed E-state index contributed by atoms with van der Waals surface area (Å²) in [6.07, 6.45) is 0.210. The van der Waals surface area contributed by atoms with Crippen molar-refractivity contribution in [1.82, 2.24) is 0 Å². The average Bonchev–Trinajstić information content (AvgIpc) is 2.92. The van der Waals surface area contributed by atoms with Gasteiger partial charge in [-0.3, -0.25) is 0 Å². The monoisotopic (exact) mass is 404 g/mol. The van der Waals surface area contributed by atoms with Crippen LogP contribution in [0.5, 0.6) is 0 Å². The Kier molecular flexibility index (Phi) is 5.49. The highest BCUT2D eigenvalue weighted by Crippen LogP contribution is 2.53. The highest BCUT2D eigenvalue weighted by Gasteiger charge is 2.50. The van der Waals surface area contributed by atoms with Gasteiger partial charge in [-0.25, -0.2) is 4.39 Å². The van der Waals surface area contributed by atoms with E-state index >= 15 is 0 Å². The zero-order valence-corrected chi connectivity index (χ0v) is 16.8. The number of aliphatic hydroxyl groups excluding tert-OH is 2. The minimum absolute atomic E-state index is 0.154. The number of fused-ring (bicyclic) bond motifs is 2. The minimum atomic E-state index is -1.19. The maximum atomic E-state index is 14.8. The summed E-state index contributed by atoms with van der Waals surface area (Å²) in [7, 11) is 0. The molecular formula is C23H26ClFO3. The normalized spacial score (nSPS) is 29.2. The van der Waals surface area contributed by atoms with Gasteiger partial charge in [0.2, 0.25) is 0 Å². The van der Waals surface area contributed by atoms with E-state index < -0.39 is 24.0 Å². The van der Waals surface area contributed by atoms with E-state index in [9.17, 15) is 14.6 Å². The first-order chi connectivity index (χ1) is 13.4. The molecule has 1 heterocycles. The van der Waals surface area contributed by atoms with Crippen LogP contribution < -0.4 is 0 Å². The second-order valence-electron chi connectivity index (χ2n) is 8.06. The quantitative estimate of drug-likeness (QED) is 0.780. The van der Waals surface area contributed by atoms with Gasteiger partial charge in [0, 0.05) is 24.3 Å². The Bertz CT molecular complexity index is 854. The zero-order chi connectivity index (χ0) is 19.9. The molecule has 0 saturated carbocycles. The van der Waals surface area contributed by atoms with E-state index in [1.54, 1.807) is 6.07 Å². The standard InChI is InChI=1S/C23H26ClFO3/c1-2-14-3-5-15(6-4-14)7-16-8-20-19(10-21(16)24)22(25)12-23(20)11-17(27)9-18(13-26)28-23/h3-6,8,10,17-18,22,26-27H,2,7,9,11-13H2,1H3. The van der Waals surface area contributed by atoms with Crippen LogP contribution in [0.25, 0.3) is 0 Å². The number of halogens is 2. The predicted octanol–water partition coefficient (Wildman–Crippen LogP) is 4.64. The second-order valence-corrected chi connectivity index (χ2v) is 8.47. The molecule has 2 aliphatic rings. The molecule has 4 unspecified atom stereocenters. The summed E-state index contributed by atoms with van der Waals surface area (Å²) in [5, 5.41) is 20.4. The van der Waals surface area contributed by atoms with Crippen LogP contribution in [0.4, 0.5) is 4.39 Å². The fourth-order valence-corrected chi connectivity index (χ4v) is 4.88. The number of rotatable bonds is 4. The van der Waals surface area contributed by atoms with Crippen molar-refractivity contribution in [3.63, 3.8) is 0 Å². The van der Waals surface area contributed by atoms with Gasteiger partial charge in [0.15, 0.2) is 0 Å². The van der Waals surface area contributed by atoms with Gasteiger partial charge in [-0.1, -0.05) is 48.9 Å². The van der Waals surface area contributed by atoms with E-state index in [0.29, 0.717) is 29.8 Å². The number of hydrogen-bond donors (Lipinski definition) is 2. The number of aryl methyl sites for hydroxylation is 1. The molecule has 0 aromatic heterocycles. The van der Waals surface area contributed by atoms with E-state index in [0.717, 1.165) is 23.1 Å². The van der Waals surface area contributed by atoms with Gasteiger partial charge in [-0.2, -0.15) is 0 Å². The van der Waals surface area contributed by atoms with E-state index in [4.69, 9.17) is 16.3 Å². The summed E-state index contributed by atoms with van der Waals surface area (Å²) in [6, 6.07) is 12.1. The van der Waals surface area contributed by atoms with Crippen molar-refractivity contribution in [2.45, 2.75) is 63.0 Å². The summed E-state index contributed by atoms with van der Waals surface area (Å²) in [5.74, 6) is 0. The third kappa shape index (κ3) is 3.59. The third-order valence-electron chi connectivity index (χ3n) is 6.08. The first-order valence-electron chi connectivity index (χ1n) is 9.95. The van der Waals surface area contributed by atoms with Crippen molar-refractivity contribution in [2.24, 2.45) is 0 Å². The van der Waals surface area contributed by atoms with Crippen LogP contribution in [0.2, 0.25) is 5.02 Å². The van der Waals surface area contributed by atoms with Crippen molar-refractivity contribution >= 4 is 11.6 Å². The Labute approximate surface area is 170 Å². The fraction of sp³-hybridized carbons (Fsp3) is 0.478. The van der Waals surface area contributed by atoms with E-state index in [2.05, 4.69) is 31.2 Å². The molecule has 0 bridgehead atoms. The molecule has 1 spiro atoms. The summed E-state index contributed by atoms with van der Waals surface area (Å²) in [6.45, 7) is 1.94. The largest absolute Gasteiger partial charge is 0.394 e. The molecule has 28 heavy (non-hydrogen) atoms. The van der Waals surface area contributed by atoms with Crippen molar-refractivity contribution in [2.75, 3.05) is 6.61 Å². The molecule has 0 amide bonds. The molecule has 1 fully saturated rings. The van der Waals surface area contributed by atoms with E-state index in [1.165, 1.54) is 5.56 Å². The van der Waals surface area contributed by atoms with Crippen LogP contribution in [0, 0.1) is 0 Å². The second kappa shape index (κ2) is 7.75. The number of hydrogen-bond acceptors (Lipinski definition) is 3. The Morgan fingerprint density at radius 2 is 1.89 bits per heavy atom. The van der Waals surface area contributed by atoms with E-state index in [-0.39, 0.29) is 13.0 Å². The van der Waals surface area contributed by atoms with Gasteiger partial charge in [0.25, 0.3) is 0 Å². The molecule has 1 saturated heterocycles. The molecule has 3 nitrogen and oxygen atoms in total. The number of alkyl halides is 1. The lowest BCUT2D eigenvalue weighted by atomic mass is 9.84. The van der Waals surface area contributed by atoms with Crippen LogP contribution in [-0.2, 0) is 23.2 Å². The molecule has 2 aromatic rings. The molecule has 2 N–H and O–H groups in total. The van der Waals surface area contributed by atoms with Gasteiger partial charge < -0.3 is 14.9 Å². The summed E-state index contributed by atoms with van der Waals surface area (Å²) < 4.78 is 21.0. The minimum Gasteiger partial charge on any atom is -0.394 e. The molecule has 150 valence electrons. The lowest BCUT2D eigenvalue weighted by Crippen LogP contribution is -2.44. The SMILES string of the molecule is CCc1ccc(Cc2cc3c(cc2Cl)C(F)CC32CC(O)CC(CO)O2)cc1. The molecule has 1 aliphatic carbocycles. The average molecular weight is 405 g/mol. The maximum absolute atomic E-state index is 14.8. The van der Waals surface area contributed by atoms with Crippen molar-refractivity contribution in [3.8, 4) is 0 Å². The van der Waals surface area contributed by atoms with Crippen molar-refractivity contribution < 1.29 is 19.3 Å². The summed E-state index contributed by atoms with van der Waals surface area (Å²) in [4.78, 5) is 0. The van der Waals surface area contributed by atoms with Gasteiger partial charge in [0.1, 0.15) is 6.17 Å². The van der Waals surface area contributed by atoms with Crippen molar-refractivity contribution in [1.29, 1.82) is 0 Å². The molecule has 2 aromatic carbocycles. The van der Waals surface area contributed by atoms with Crippen LogP contribution in [0.1, 0.15) is 60.2 Å². The highest BCUT2D eigenvalue weighted by atomic mass is 35.5. The zero-order valence-electron chi connectivity index (χ0n) is 16.0. The highest BCUT2D eigenvalue weighted by molar-refractivity contribution is 6.31. The van der Waals surface area contributed by atoms with Crippen LogP contribution in [-0.4, -0.2) is 29.0 Å². The van der Waals surface area contributed by atoms with Gasteiger partial charge >= 0.3 is 0 Å². The Morgan fingerprint density at radius 3 is 2.57 bits per heavy atom. The Balaban J connectivity index is 1.70. The molecule has 4 atom stereocenters. The summed E-state index contributed by atoms with van der Waals surface area (Å²) >= 11 is 6.50. The van der Waals surface area contributed by atoms with Crippen molar-refractivity contribution in [3.05, 3.63) is 69.2 Å². The topological polar surface area (TPSA) is 49.7 Å². The Morgan fingerprint density at radius 1 is 1.18 bits per heavy atom. The predicted molar refractivity (Wildman–Crippen MR) is 107 cm³/mol. The van der Waals surface area contributed by atoms with Crippen LogP contribution in [0.3, 0.4) is 0 Å². The first-order valence-corrected chi connectivity index (χ1v) is 10.3. The molecular weight excluding hydrogens is 379 g/mol. The smallest absolute Gasteiger partial charge is 0.129 e. The third-order valence-corrected chi connectivity index (χ3v) is 6.43. The van der Waals surface area contributed by atoms with Gasteiger partial charge in [0.05, 0.1) is 24.4 Å². The van der Waals surface area contributed by atoms with Gasteiger partial charge in [-0.05, 0) is 46.7 Å². The Hall–Kier alpha value is -1.46. The maximum Gasteiger partial charge on any atom is 0.129 e. The first kappa shape index (κ1) is 19.8. The lowest BCUT2D eigenvalue weighted by molar-refractivity contribution is -0.181.